The second kappa shape index (κ2) is 6.86. The van der Waals surface area contributed by atoms with Crippen molar-refractivity contribution >= 4 is 0 Å². The average Bonchev–Trinajstić information content (AvgIpc) is 3.13. The lowest BCUT2D eigenvalue weighted by atomic mass is 10.2. The van der Waals surface area contributed by atoms with Crippen molar-refractivity contribution in [3.8, 4) is 0 Å². The summed E-state index contributed by atoms with van der Waals surface area (Å²) in [5, 5.41) is 3.40. The Labute approximate surface area is 111 Å². The largest absolute Gasteiger partial charge is 0.311 e. The summed E-state index contributed by atoms with van der Waals surface area (Å²) in [5.74, 6) is 0.949. The molecular formula is C15H25N3. The minimum absolute atomic E-state index is 0.883. The molecular weight excluding hydrogens is 222 g/mol. The molecule has 0 amide bonds. The third-order valence-electron chi connectivity index (χ3n) is 3.30. The van der Waals surface area contributed by atoms with Crippen molar-refractivity contribution in [3.05, 3.63) is 29.6 Å². The monoisotopic (exact) mass is 247 g/mol. The lowest BCUT2D eigenvalue weighted by Crippen LogP contribution is -2.21. The standard InChI is InChI=1S/C15H25N3/c1-3-9-16-10-14-5-4-6-15(17-14)12-18(2)11-13-7-8-13/h4-6,13,16H,3,7-12H2,1-2H3. The highest BCUT2D eigenvalue weighted by Crippen LogP contribution is 2.29. The van der Waals surface area contributed by atoms with Crippen LogP contribution in [-0.2, 0) is 13.1 Å². The number of hydrogen-bond donors (Lipinski definition) is 1. The zero-order valence-electron chi connectivity index (χ0n) is 11.7. The van der Waals surface area contributed by atoms with E-state index >= 15 is 0 Å². The Bertz CT molecular complexity index is 361. The third-order valence-corrected chi connectivity index (χ3v) is 3.30. The highest BCUT2D eigenvalue weighted by Gasteiger charge is 2.22. The van der Waals surface area contributed by atoms with Gasteiger partial charge in [-0.15, -0.1) is 0 Å². The van der Waals surface area contributed by atoms with Crippen LogP contribution >= 0.6 is 0 Å². The maximum atomic E-state index is 4.71. The van der Waals surface area contributed by atoms with Gasteiger partial charge in [0.2, 0.25) is 0 Å². The molecule has 0 spiro atoms. The van der Waals surface area contributed by atoms with E-state index in [9.17, 15) is 0 Å². The molecule has 1 aliphatic carbocycles. The second-order valence-corrected chi connectivity index (χ2v) is 5.44. The predicted octanol–water partition coefficient (Wildman–Crippen LogP) is 2.42. The first-order valence-corrected chi connectivity index (χ1v) is 7.12. The van der Waals surface area contributed by atoms with E-state index in [4.69, 9.17) is 4.98 Å². The van der Waals surface area contributed by atoms with Crippen molar-refractivity contribution in [2.24, 2.45) is 5.92 Å². The zero-order valence-corrected chi connectivity index (χ0v) is 11.7. The normalized spacial score (nSPS) is 15.3. The fourth-order valence-electron chi connectivity index (χ4n) is 2.19. The summed E-state index contributed by atoms with van der Waals surface area (Å²) >= 11 is 0. The average molecular weight is 247 g/mol. The minimum Gasteiger partial charge on any atom is -0.311 e. The van der Waals surface area contributed by atoms with Crippen LogP contribution in [0.25, 0.3) is 0 Å². The Morgan fingerprint density at radius 1 is 1.33 bits per heavy atom. The van der Waals surface area contributed by atoms with E-state index in [1.165, 1.54) is 31.5 Å². The molecule has 2 rings (SSSR count). The van der Waals surface area contributed by atoms with Gasteiger partial charge in [-0.1, -0.05) is 13.0 Å². The van der Waals surface area contributed by atoms with Gasteiger partial charge in [-0.2, -0.15) is 0 Å². The summed E-state index contributed by atoms with van der Waals surface area (Å²) in [6.45, 7) is 6.32. The second-order valence-electron chi connectivity index (χ2n) is 5.44. The van der Waals surface area contributed by atoms with Crippen LogP contribution in [-0.4, -0.2) is 30.0 Å². The fraction of sp³-hybridized carbons (Fsp3) is 0.667. The van der Waals surface area contributed by atoms with Crippen molar-refractivity contribution in [1.82, 2.24) is 15.2 Å². The number of nitrogens with one attached hydrogen (secondary N) is 1. The summed E-state index contributed by atoms with van der Waals surface area (Å²) in [4.78, 5) is 7.10. The van der Waals surface area contributed by atoms with Gasteiger partial charge in [-0.3, -0.25) is 4.98 Å². The van der Waals surface area contributed by atoms with E-state index in [-0.39, 0.29) is 0 Å². The molecule has 1 aromatic heterocycles. The van der Waals surface area contributed by atoms with Crippen LogP contribution in [0, 0.1) is 5.92 Å². The summed E-state index contributed by atoms with van der Waals surface area (Å²) in [5.41, 5.74) is 2.34. The van der Waals surface area contributed by atoms with Gasteiger partial charge in [-0.25, -0.2) is 0 Å². The molecule has 1 fully saturated rings. The zero-order chi connectivity index (χ0) is 12.8. The van der Waals surface area contributed by atoms with Crippen LogP contribution in [0.3, 0.4) is 0 Å². The van der Waals surface area contributed by atoms with Gasteiger partial charge in [0.15, 0.2) is 0 Å². The Balaban J connectivity index is 1.81. The Hall–Kier alpha value is -0.930. The topological polar surface area (TPSA) is 28.2 Å². The molecule has 3 heteroatoms. The van der Waals surface area contributed by atoms with E-state index in [0.29, 0.717) is 0 Å². The van der Waals surface area contributed by atoms with Gasteiger partial charge < -0.3 is 10.2 Å². The predicted molar refractivity (Wildman–Crippen MR) is 75.3 cm³/mol. The third kappa shape index (κ3) is 4.75. The molecule has 0 atom stereocenters. The van der Waals surface area contributed by atoms with Gasteiger partial charge in [0, 0.05) is 19.6 Å². The first-order chi connectivity index (χ1) is 8.78. The van der Waals surface area contributed by atoms with Crippen molar-refractivity contribution < 1.29 is 0 Å². The van der Waals surface area contributed by atoms with Crippen LogP contribution in [0.2, 0.25) is 0 Å². The molecule has 0 bridgehead atoms. The van der Waals surface area contributed by atoms with Crippen LogP contribution in [0.1, 0.15) is 37.6 Å². The molecule has 18 heavy (non-hydrogen) atoms. The van der Waals surface area contributed by atoms with Gasteiger partial charge in [-0.05, 0) is 50.9 Å². The first kappa shape index (κ1) is 13.5. The smallest absolute Gasteiger partial charge is 0.0547 e. The quantitative estimate of drug-likeness (QED) is 0.715. The van der Waals surface area contributed by atoms with Crippen LogP contribution in [0.15, 0.2) is 18.2 Å². The fourth-order valence-corrected chi connectivity index (χ4v) is 2.19. The summed E-state index contributed by atoms with van der Waals surface area (Å²) in [6.07, 6.45) is 4.00. The van der Waals surface area contributed by atoms with E-state index in [1.807, 2.05) is 0 Å². The highest BCUT2D eigenvalue weighted by molar-refractivity contribution is 5.11. The Morgan fingerprint density at radius 2 is 2.11 bits per heavy atom. The molecule has 0 radical (unpaired) electrons. The summed E-state index contributed by atoms with van der Waals surface area (Å²) in [7, 11) is 2.20. The van der Waals surface area contributed by atoms with Crippen LogP contribution in [0.4, 0.5) is 0 Å². The highest BCUT2D eigenvalue weighted by atomic mass is 15.1. The molecule has 1 aromatic rings. The molecule has 3 nitrogen and oxygen atoms in total. The lowest BCUT2D eigenvalue weighted by molar-refractivity contribution is 0.309. The van der Waals surface area contributed by atoms with Gasteiger partial charge in [0.05, 0.1) is 11.4 Å². The van der Waals surface area contributed by atoms with E-state index < -0.39 is 0 Å². The SMILES string of the molecule is CCCNCc1cccc(CN(C)CC2CC2)n1. The van der Waals surface area contributed by atoms with Crippen molar-refractivity contribution in [2.75, 3.05) is 20.1 Å². The van der Waals surface area contributed by atoms with E-state index in [2.05, 4.69) is 42.4 Å². The van der Waals surface area contributed by atoms with E-state index in [1.54, 1.807) is 0 Å². The lowest BCUT2D eigenvalue weighted by Gasteiger charge is -2.16. The Morgan fingerprint density at radius 3 is 2.83 bits per heavy atom. The van der Waals surface area contributed by atoms with Gasteiger partial charge in [0.25, 0.3) is 0 Å². The Kier molecular flexibility index (Phi) is 5.14. The maximum Gasteiger partial charge on any atom is 0.0547 e. The molecule has 0 aliphatic heterocycles. The molecule has 0 aromatic carbocycles. The summed E-state index contributed by atoms with van der Waals surface area (Å²) < 4.78 is 0. The first-order valence-electron chi connectivity index (χ1n) is 7.12. The van der Waals surface area contributed by atoms with Crippen molar-refractivity contribution in [1.29, 1.82) is 0 Å². The number of hydrogen-bond acceptors (Lipinski definition) is 3. The molecule has 1 saturated carbocycles. The number of pyridine rings is 1. The van der Waals surface area contributed by atoms with Crippen LogP contribution < -0.4 is 5.32 Å². The van der Waals surface area contributed by atoms with Crippen molar-refractivity contribution in [3.63, 3.8) is 0 Å². The van der Waals surface area contributed by atoms with Crippen LogP contribution in [0.5, 0.6) is 0 Å². The van der Waals surface area contributed by atoms with E-state index in [0.717, 1.165) is 31.2 Å². The van der Waals surface area contributed by atoms with Gasteiger partial charge in [0.1, 0.15) is 0 Å². The maximum absolute atomic E-state index is 4.71. The molecule has 0 unspecified atom stereocenters. The minimum atomic E-state index is 0.883. The molecule has 0 saturated heterocycles. The molecule has 1 aliphatic rings. The van der Waals surface area contributed by atoms with Gasteiger partial charge >= 0.3 is 0 Å². The number of aromatic nitrogens is 1. The molecule has 1 heterocycles. The number of rotatable bonds is 8. The van der Waals surface area contributed by atoms with Crippen molar-refractivity contribution in [2.45, 2.75) is 39.3 Å². The summed E-state index contributed by atoms with van der Waals surface area (Å²) in [6, 6.07) is 6.36. The molecule has 1 N–H and O–H groups in total. The number of nitrogens with zero attached hydrogens (tertiary/aromatic N) is 2. The molecule has 100 valence electrons.